The van der Waals surface area contributed by atoms with Gasteiger partial charge in [0, 0.05) is 42.0 Å². The molecule has 2 N–H and O–H groups in total. The van der Waals surface area contributed by atoms with Gasteiger partial charge in [0.05, 0.1) is 29.3 Å². The van der Waals surface area contributed by atoms with Crippen LogP contribution in [0, 0.1) is 19.7 Å². The Hall–Kier alpha value is -4.95. The predicted molar refractivity (Wildman–Crippen MR) is 164 cm³/mol. The molecule has 2 atom stereocenters. The molecule has 48 heavy (non-hydrogen) atoms. The van der Waals surface area contributed by atoms with E-state index in [1.807, 2.05) is 0 Å². The lowest BCUT2D eigenvalue weighted by Gasteiger charge is -2.23. The van der Waals surface area contributed by atoms with Crippen LogP contribution in [-0.4, -0.2) is 46.8 Å². The van der Waals surface area contributed by atoms with Gasteiger partial charge < -0.3 is 19.9 Å². The van der Waals surface area contributed by atoms with E-state index in [4.69, 9.17) is 4.74 Å². The molecule has 0 aliphatic rings. The van der Waals surface area contributed by atoms with Gasteiger partial charge >= 0.3 is 18.3 Å². The van der Waals surface area contributed by atoms with Gasteiger partial charge in [0.25, 0.3) is 11.5 Å². The van der Waals surface area contributed by atoms with Crippen molar-refractivity contribution in [2.75, 3.05) is 12.4 Å². The molecule has 1 amide bonds. The summed E-state index contributed by atoms with van der Waals surface area (Å²) in [5, 5.41) is 4.89. The summed E-state index contributed by atoms with van der Waals surface area (Å²) < 4.78 is 103. The maximum absolute atomic E-state index is 15.1. The number of anilines is 1. The van der Waals surface area contributed by atoms with E-state index in [1.54, 1.807) is 0 Å². The van der Waals surface area contributed by atoms with Gasteiger partial charge in [-0.05, 0) is 55.7 Å². The molecule has 0 aliphatic heterocycles. The number of alkyl halides is 6. The number of carbonyl (C=O) groups is 2. The van der Waals surface area contributed by atoms with Crippen LogP contribution in [0.25, 0.3) is 22.0 Å². The van der Waals surface area contributed by atoms with Crippen molar-refractivity contribution in [3.8, 4) is 11.1 Å². The number of aromatic nitrogens is 2. The van der Waals surface area contributed by atoms with E-state index in [9.17, 15) is 40.7 Å². The summed E-state index contributed by atoms with van der Waals surface area (Å²) in [4.78, 5) is 43.4. The van der Waals surface area contributed by atoms with Crippen molar-refractivity contribution in [2.45, 2.75) is 58.0 Å². The Morgan fingerprint density at radius 3 is 2.33 bits per heavy atom. The van der Waals surface area contributed by atoms with E-state index in [0.717, 1.165) is 29.9 Å². The molecule has 4 aromatic rings. The number of pyridine rings is 2. The van der Waals surface area contributed by atoms with Crippen molar-refractivity contribution in [1.82, 2.24) is 14.9 Å². The van der Waals surface area contributed by atoms with Crippen LogP contribution in [0.1, 0.15) is 46.1 Å². The zero-order chi connectivity index (χ0) is 35.7. The zero-order valence-corrected chi connectivity index (χ0v) is 26.4. The highest BCUT2D eigenvalue weighted by molar-refractivity contribution is 5.99. The van der Waals surface area contributed by atoms with Crippen molar-refractivity contribution in [3.63, 3.8) is 0 Å². The third kappa shape index (κ3) is 7.29. The number of carbonyl (C=O) groups excluding carboxylic acids is 2. The smallest absolute Gasteiger partial charge is 0.417 e. The van der Waals surface area contributed by atoms with Crippen LogP contribution in [0.15, 0.2) is 53.5 Å². The zero-order valence-electron chi connectivity index (χ0n) is 26.4. The molecule has 0 aliphatic carbocycles. The third-order valence-corrected chi connectivity index (χ3v) is 8.01. The first-order chi connectivity index (χ1) is 22.4. The molecule has 2 aromatic heterocycles. The number of aryl methyl sites for hydroxylation is 2. The second-order valence-electron chi connectivity index (χ2n) is 11.2. The molecule has 2 aromatic carbocycles. The Bertz CT molecular complexity index is 1940. The Kier molecular flexibility index (Phi) is 10.2. The molecule has 0 saturated carbocycles. The van der Waals surface area contributed by atoms with Crippen molar-refractivity contribution in [3.05, 3.63) is 92.8 Å². The molecule has 0 radical (unpaired) electrons. The first kappa shape index (κ1) is 35.9. The van der Waals surface area contributed by atoms with Gasteiger partial charge in [0.15, 0.2) is 0 Å². The lowest BCUT2D eigenvalue weighted by atomic mass is 9.93. The summed E-state index contributed by atoms with van der Waals surface area (Å²) in [5.41, 5.74) is -2.94. The number of methoxy groups -OCH3 is 1. The van der Waals surface area contributed by atoms with Gasteiger partial charge in [-0.1, -0.05) is 25.1 Å². The minimum Gasteiger partial charge on any atom is -0.467 e. The molecule has 8 nitrogen and oxygen atoms in total. The number of benzene rings is 2. The Morgan fingerprint density at radius 1 is 1.04 bits per heavy atom. The van der Waals surface area contributed by atoms with Crippen molar-refractivity contribution >= 4 is 28.5 Å². The highest BCUT2D eigenvalue weighted by atomic mass is 19.4. The number of hydrogen-bond donors (Lipinski definition) is 2. The van der Waals surface area contributed by atoms with Gasteiger partial charge in [0.1, 0.15) is 17.9 Å². The summed E-state index contributed by atoms with van der Waals surface area (Å²) in [6.45, 7) is 4.06. The average molecular weight is 681 g/mol. The molecule has 0 fully saturated rings. The highest BCUT2D eigenvalue weighted by Gasteiger charge is 2.39. The maximum atomic E-state index is 15.1. The lowest BCUT2D eigenvalue weighted by Crippen LogP contribution is -2.43. The fraction of sp³-hybridized carbons (Fsp3) is 0.333. The first-order valence-corrected chi connectivity index (χ1v) is 14.6. The maximum Gasteiger partial charge on any atom is 0.417 e. The molecule has 15 heteroatoms. The lowest BCUT2D eigenvalue weighted by molar-refractivity contribution is -0.143. The summed E-state index contributed by atoms with van der Waals surface area (Å²) in [5.74, 6) is -3.17. The second-order valence-corrected chi connectivity index (χ2v) is 11.2. The standard InChI is InChI=1S/C33H31F7N4O4/c1-6-26(33(38,39)40)42-24-15-23(34)21(12-16(24)2)29(45)43-25(31(47)48-5)14-18-9-10-20(28-19(18)8-7-11-41-28)27-22(32(35,36)37)13-17(3)44(4)30(27)46/h7-13,15,25-26,42H,6,14H2,1-5H3,(H,43,45)/t25-,26+/m0/s1. The molecule has 2 heterocycles. The monoisotopic (exact) mass is 680 g/mol. The van der Waals surface area contributed by atoms with Gasteiger partial charge in [-0.3, -0.25) is 14.6 Å². The molecule has 0 unspecified atom stereocenters. The van der Waals surface area contributed by atoms with Crippen molar-refractivity contribution in [1.29, 1.82) is 0 Å². The molecule has 256 valence electrons. The molecule has 0 saturated heterocycles. The number of esters is 1. The Morgan fingerprint density at radius 2 is 1.73 bits per heavy atom. The van der Waals surface area contributed by atoms with Gasteiger partial charge in [-0.2, -0.15) is 26.3 Å². The van der Waals surface area contributed by atoms with E-state index >= 15 is 4.39 Å². The molecule has 0 bridgehead atoms. The normalized spacial score (nSPS) is 13.2. The summed E-state index contributed by atoms with van der Waals surface area (Å²) >= 11 is 0. The van der Waals surface area contributed by atoms with Crippen LogP contribution >= 0.6 is 0 Å². The number of ether oxygens (including phenoxy) is 1. The van der Waals surface area contributed by atoms with Crippen LogP contribution in [0.5, 0.6) is 0 Å². The van der Waals surface area contributed by atoms with Gasteiger partial charge in [-0.25, -0.2) is 9.18 Å². The number of amides is 1. The predicted octanol–water partition coefficient (Wildman–Crippen LogP) is 6.64. The summed E-state index contributed by atoms with van der Waals surface area (Å²) in [6, 6.07) is 4.93. The summed E-state index contributed by atoms with van der Waals surface area (Å²) in [7, 11) is 2.39. The Labute approximate surface area is 269 Å². The number of hydrogen-bond acceptors (Lipinski definition) is 6. The van der Waals surface area contributed by atoms with Crippen LogP contribution in [-0.2, 0) is 29.2 Å². The topological polar surface area (TPSA) is 102 Å². The highest BCUT2D eigenvalue weighted by Crippen LogP contribution is 2.38. The van der Waals surface area contributed by atoms with Crippen LogP contribution < -0.4 is 16.2 Å². The number of fused-ring (bicyclic) bond motifs is 1. The first-order valence-electron chi connectivity index (χ1n) is 14.6. The molecular formula is C33H31F7N4O4. The molecular weight excluding hydrogens is 649 g/mol. The van der Waals surface area contributed by atoms with E-state index in [1.165, 1.54) is 58.3 Å². The van der Waals surface area contributed by atoms with Crippen LogP contribution in [0.3, 0.4) is 0 Å². The van der Waals surface area contributed by atoms with E-state index < -0.39 is 64.4 Å². The minimum atomic E-state index is -4.87. The number of nitrogens with one attached hydrogen (secondary N) is 2. The molecule has 4 rings (SSSR count). The fourth-order valence-electron chi connectivity index (χ4n) is 5.32. The number of nitrogens with zero attached hydrogens (tertiary/aromatic N) is 2. The van der Waals surface area contributed by atoms with Crippen LogP contribution in [0.4, 0.5) is 36.4 Å². The molecule has 0 spiro atoms. The van der Waals surface area contributed by atoms with Gasteiger partial charge in [-0.15, -0.1) is 0 Å². The fourth-order valence-corrected chi connectivity index (χ4v) is 5.32. The van der Waals surface area contributed by atoms with Crippen molar-refractivity contribution < 1.29 is 45.1 Å². The van der Waals surface area contributed by atoms with E-state index in [-0.39, 0.29) is 46.3 Å². The van der Waals surface area contributed by atoms with E-state index in [2.05, 4.69) is 15.6 Å². The number of halogens is 7. The summed E-state index contributed by atoms with van der Waals surface area (Å²) in [6.07, 6.45) is -8.77. The average Bonchev–Trinajstić information content (AvgIpc) is 3.02. The number of rotatable bonds is 9. The minimum absolute atomic E-state index is 0.0189. The quantitative estimate of drug-likeness (QED) is 0.152. The van der Waals surface area contributed by atoms with Gasteiger partial charge in [0.2, 0.25) is 0 Å². The SMILES string of the molecule is CC[C@@H](Nc1cc(F)c(C(=O)N[C@@H](Cc2ccc(-c3c(C(F)(F)F)cc(C)n(C)c3=O)c3ncccc23)C(=O)OC)cc1C)C(F)(F)F. The van der Waals surface area contributed by atoms with Crippen molar-refractivity contribution in [2.24, 2.45) is 7.05 Å². The third-order valence-electron chi connectivity index (χ3n) is 8.01. The largest absolute Gasteiger partial charge is 0.467 e. The van der Waals surface area contributed by atoms with Crippen LogP contribution in [0.2, 0.25) is 0 Å². The van der Waals surface area contributed by atoms with E-state index in [0.29, 0.717) is 5.56 Å². The second kappa shape index (κ2) is 13.6. The Balaban J connectivity index is 1.72.